The second-order valence-electron chi connectivity index (χ2n) is 5.55. The number of aromatic nitrogens is 2. The molecule has 0 saturated carbocycles. The molecular weight excluding hydrogens is 361 g/mol. The minimum absolute atomic E-state index is 0.112. The average molecular weight is 373 g/mol. The predicted octanol–water partition coefficient (Wildman–Crippen LogP) is 3.50. The van der Waals surface area contributed by atoms with Crippen LogP contribution in [0.15, 0.2) is 35.6 Å². The summed E-state index contributed by atoms with van der Waals surface area (Å²) in [6, 6.07) is 4.07. The van der Waals surface area contributed by atoms with Gasteiger partial charge in [-0.3, -0.25) is 9.48 Å². The highest BCUT2D eigenvalue weighted by molar-refractivity contribution is 6.70. The number of hydrogen-bond donors (Lipinski definition) is 1. The van der Waals surface area contributed by atoms with Gasteiger partial charge in [0, 0.05) is 12.2 Å². The summed E-state index contributed by atoms with van der Waals surface area (Å²) in [4.78, 5) is 14.1. The standard InChI is InChI=1S/C15H12ClF3N4O2/c1-8-7-22(10-4-2-9(3-5-10)15(17,18)19)14(24)12-11(13(16)21-25)6-20-23(8)12/h2-6,8,25H,7H2,1H3. The van der Waals surface area contributed by atoms with Gasteiger partial charge in [-0.15, -0.1) is 0 Å². The van der Waals surface area contributed by atoms with Crippen molar-refractivity contribution in [3.8, 4) is 0 Å². The smallest absolute Gasteiger partial charge is 0.410 e. The van der Waals surface area contributed by atoms with Crippen LogP contribution in [0.3, 0.4) is 0 Å². The Labute approximate surface area is 145 Å². The molecule has 10 heteroatoms. The van der Waals surface area contributed by atoms with E-state index in [1.165, 1.54) is 27.9 Å². The first-order valence-electron chi connectivity index (χ1n) is 7.18. The maximum Gasteiger partial charge on any atom is 0.416 e. The molecule has 1 atom stereocenters. The molecule has 0 radical (unpaired) electrons. The molecule has 1 aliphatic heterocycles. The van der Waals surface area contributed by atoms with E-state index in [4.69, 9.17) is 16.8 Å². The van der Waals surface area contributed by atoms with Crippen molar-refractivity contribution in [2.75, 3.05) is 11.4 Å². The second kappa shape index (κ2) is 6.07. The van der Waals surface area contributed by atoms with E-state index in [-0.39, 0.29) is 29.0 Å². The van der Waals surface area contributed by atoms with Crippen LogP contribution in [0.5, 0.6) is 0 Å². The Bertz CT molecular complexity index is 845. The third-order valence-electron chi connectivity index (χ3n) is 3.92. The van der Waals surface area contributed by atoms with E-state index in [1.807, 2.05) is 0 Å². The lowest BCUT2D eigenvalue weighted by Crippen LogP contribution is -2.43. The number of fused-ring (bicyclic) bond motifs is 1. The van der Waals surface area contributed by atoms with E-state index in [1.54, 1.807) is 6.92 Å². The first-order valence-corrected chi connectivity index (χ1v) is 7.56. The Hall–Kier alpha value is -2.55. The van der Waals surface area contributed by atoms with E-state index in [2.05, 4.69) is 10.3 Å². The summed E-state index contributed by atoms with van der Waals surface area (Å²) in [5, 5.41) is 15.5. The molecule has 0 aliphatic carbocycles. The molecule has 1 unspecified atom stereocenters. The lowest BCUT2D eigenvalue weighted by molar-refractivity contribution is -0.137. The van der Waals surface area contributed by atoms with Crippen molar-refractivity contribution in [2.45, 2.75) is 19.1 Å². The fourth-order valence-electron chi connectivity index (χ4n) is 2.72. The van der Waals surface area contributed by atoms with Crippen molar-refractivity contribution < 1.29 is 23.2 Å². The van der Waals surface area contributed by atoms with Gasteiger partial charge in [-0.05, 0) is 31.2 Å². The molecule has 1 N–H and O–H groups in total. The minimum atomic E-state index is -4.45. The Balaban J connectivity index is 2.01. The monoisotopic (exact) mass is 372 g/mol. The fourth-order valence-corrected chi connectivity index (χ4v) is 2.86. The zero-order valence-corrected chi connectivity index (χ0v) is 13.6. The van der Waals surface area contributed by atoms with Crippen LogP contribution in [-0.2, 0) is 6.18 Å². The summed E-state index contributed by atoms with van der Waals surface area (Å²) < 4.78 is 39.5. The summed E-state index contributed by atoms with van der Waals surface area (Å²) in [7, 11) is 0. The van der Waals surface area contributed by atoms with Gasteiger partial charge in [-0.25, -0.2) is 0 Å². The normalized spacial score (nSPS) is 18.4. The van der Waals surface area contributed by atoms with Gasteiger partial charge in [0.05, 0.1) is 23.4 Å². The molecule has 132 valence electrons. The molecule has 0 saturated heterocycles. The number of amides is 1. The predicted molar refractivity (Wildman–Crippen MR) is 84.2 cm³/mol. The molecular formula is C15H12ClF3N4O2. The molecule has 3 rings (SSSR count). The highest BCUT2D eigenvalue weighted by Crippen LogP contribution is 2.33. The van der Waals surface area contributed by atoms with Gasteiger partial charge in [-0.2, -0.15) is 18.3 Å². The number of alkyl halides is 3. The molecule has 1 aliphatic rings. The van der Waals surface area contributed by atoms with Crippen LogP contribution in [0, 0.1) is 0 Å². The van der Waals surface area contributed by atoms with E-state index in [9.17, 15) is 18.0 Å². The van der Waals surface area contributed by atoms with Crippen LogP contribution < -0.4 is 4.90 Å². The Morgan fingerprint density at radius 3 is 2.56 bits per heavy atom. The number of benzene rings is 1. The number of oxime groups is 1. The van der Waals surface area contributed by atoms with Crippen LogP contribution in [0.25, 0.3) is 0 Å². The van der Waals surface area contributed by atoms with Gasteiger partial charge < -0.3 is 10.1 Å². The number of carbonyl (C=O) groups excluding carboxylic acids is 1. The highest BCUT2D eigenvalue weighted by atomic mass is 35.5. The lowest BCUT2D eigenvalue weighted by Gasteiger charge is -2.32. The molecule has 1 amide bonds. The van der Waals surface area contributed by atoms with Gasteiger partial charge in [0.25, 0.3) is 5.91 Å². The molecule has 0 spiro atoms. The number of rotatable bonds is 2. The molecule has 2 heterocycles. The van der Waals surface area contributed by atoms with Crippen molar-refractivity contribution >= 4 is 28.4 Å². The average Bonchev–Trinajstić information content (AvgIpc) is 3.02. The maximum atomic E-state index is 12.8. The quantitative estimate of drug-likeness (QED) is 0.498. The van der Waals surface area contributed by atoms with Crippen molar-refractivity contribution in [1.82, 2.24) is 9.78 Å². The van der Waals surface area contributed by atoms with Crippen LogP contribution in [-0.4, -0.2) is 32.6 Å². The van der Waals surface area contributed by atoms with E-state index >= 15 is 0 Å². The first kappa shape index (κ1) is 17.3. The first-order chi connectivity index (χ1) is 11.7. The molecule has 0 fully saturated rings. The number of anilines is 1. The molecule has 2 aromatic rings. The fraction of sp³-hybridized carbons (Fsp3) is 0.267. The number of carbonyl (C=O) groups is 1. The molecule has 1 aromatic heterocycles. The van der Waals surface area contributed by atoms with Crippen LogP contribution in [0.1, 0.15) is 34.6 Å². The van der Waals surface area contributed by atoms with E-state index in [0.717, 1.165) is 12.1 Å². The number of hydrogen-bond acceptors (Lipinski definition) is 4. The van der Waals surface area contributed by atoms with E-state index in [0.29, 0.717) is 5.69 Å². The Kier molecular flexibility index (Phi) is 4.19. The third kappa shape index (κ3) is 2.95. The zero-order valence-electron chi connectivity index (χ0n) is 12.8. The summed E-state index contributed by atoms with van der Waals surface area (Å²) in [5.74, 6) is -0.493. The van der Waals surface area contributed by atoms with Gasteiger partial charge in [0.15, 0.2) is 5.17 Å². The summed E-state index contributed by atoms with van der Waals surface area (Å²) in [6.45, 7) is 2.03. The summed E-state index contributed by atoms with van der Waals surface area (Å²) in [6.07, 6.45) is -3.14. The van der Waals surface area contributed by atoms with Crippen LogP contribution in [0.4, 0.5) is 18.9 Å². The SMILES string of the molecule is CC1CN(c2ccc(C(F)(F)F)cc2)C(=O)c2c(C(Cl)=NO)cnn21. The van der Waals surface area contributed by atoms with Gasteiger partial charge in [0.2, 0.25) is 0 Å². The minimum Gasteiger partial charge on any atom is -0.410 e. The van der Waals surface area contributed by atoms with Crippen molar-refractivity contribution in [3.63, 3.8) is 0 Å². The number of nitrogens with zero attached hydrogens (tertiary/aromatic N) is 4. The zero-order chi connectivity index (χ0) is 18.4. The molecule has 1 aromatic carbocycles. The summed E-state index contributed by atoms with van der Waals surface area (Å²) in [5.41, 5.74) is -0.214. The Morgan fingerprint density at radius 2 is 2.00 bits per heavy atom. The second-order valence-corrected chi connectivity index (χ2v) is 5.91. The third-order valence-corrected chi connectivity index (χ3v) is 4.20. The Morgan fingerprint density at radius 1 is 1.36 bits per heavy atom. The lowest BCUT2D eigenvalue weighted by atomic mass is 10.1. The largest absolute Gasteiger partial charge is 0.416 e. The summed E-state index contributed by atoms with van der Waals surface area (Å²) >= 11 is 5.80. The molecule has 0 bridgehead atoms. The van der Waals surface area contributed by atoms with Crippen LogP contribution >= 0.6 is 11.6 Å². The molecule has 6 nitrogen and oxygen atoms in total. The van der Waals surface area contributed by atoms with E-state index < -0.39 is 17.6 Å². The maximum absolute atomic E-state index is 12.8. The topological polar surface area (TPSA) is 70.7 Å². The van der Waals surface area contributed by atoms with Crippen molar-refractivity contribution in [1.29, 1.82) is 0 Å². The highest BCUT2D eigenvalue weighted by Gasteiger charge is 2.35. The number of halogens is 4. The van der Waals surface area contributed by atoms with Crippen LogP contribution in [0.2, 0.25) is 0 Å². The van der Waals surface area contributed by atoms with Gasteiger partial charge in [-0.1, -0.05) is 16.8 Å². The molecule has 25 heavy (non-hydrogen) atoms. The van der Waals surface area contributed by atoms with Crippen molar-refractivity contribution in [3.05, 3.63) is 47.3 Å². The van der Waals surface area contributed by atoms with Crippen molar-refractivity contribution in [2.24, 2.45) is 5.16 Å². The van der Waals surface area contributed by atoms with Gasteiger partial charge >= 0.3 is 6.18 Å². The van der Waals surface area contributed by atoms with Gasteiger partial charge in [0.1, 0.15) is 5.69 Å².